The molecular weight excluding hydrogens is 264 g/mol. The summed E-state index contributed by atoms with van der Waals surface area (Å²) in [5, 5.41) is 13.1. The molecule has 1 amide bonds. The maximum Gasteiger partial charge on any atom is 0.287 e. The van der Waals surface area contributed by atoms with Gasteiger partial charge in [-0.3, -0.25) is 14.9 Å². The van der Waals surface area contributed by atoms with Crippen LogP contribution in [0.5, 0.6) is 5.75 Å². The lowest BCUT2D eigenvalue weighted by Gasteiger charge is -2.09. The Labute approximate surface area is 113 Å². The zero-order valence-electron chi connectivity index (χ0n) is 10.5. The van der Waals surface area contributed by atoms with E-state index in [0.717, 1.165) is 12.3 Å². The van der Waals surface area contributed by atoms with Gasteiger partial charge < -0.3 is 20.8 Å². The van der Waals surface area contributed by atoms with Crippen molar-refractivity contribution in [2.45, 2.75) is 0 Å². The first-order valence-corrected chi connectivity index (χ1v) is 5.59. The van der Waals surface area contributed by atoms with Crippen molar-refractivity contribution in [2.75, 3.05) is 18.2 Å². The maximum atomic E-state index is 11.9. The summed E-state index contributed by atoms with van der Waals surface area (Å²) in [7, 11) is 1.49. The molecular formula is C12H12N4O4. The Morgan fingerprint density at radius 2 is 2.20 bits per heavy atom. The molecule has 104 valence electrons. The van der Waals surface area contributed by atoms with Gasteiger partial charge in [-0.05, 0) is 12.1 Å². The lowest BCUT2D eigenvalue weighted by Crippen LogP contribution is -2.13. The quantitative estimate of drug-likeness (QED) is 0.446. The molecule has 1 heterocycles. The first kappa shape index (κ1) is 13.4. The van der Waals surface area contributed by atoms with Gasteiger partial charge in [0.05, 0.1) is 29.6 Å². The monoisotopic (exact) mass is 276 g/mol. The minimum absolute atomic E-state index is 0.0684. The molecule has 0 saturated heterocycles. The Morgan fingerprint density at radius 1 is 1.45 bits per heavy atom. The molecule has 0 spiro atoms. The van der Waals surface area contributed by atoms with Crippen molar-refractivity contribution >= 4 is 23.0 Å². The Hall–Kier alpha value is -3.03. The third-order valence-electron chi connectivity index (χ3n) is 2.63. The minimum atomic E-state index is -0.590. The van der Waals surface area contributed by atoms with E-state index < -0.39 is 10.8 Å². The van der Waals surface area contributed by atoms with Crippen LogP contribution in [0.2, 0.25) is 0 Å². The molecule has 20 heavy (non-hydrogen) atoms. The number of hydrogen-bond acceptors (Lipinski definition) is 5. The zero-order chi connectivity index (χ0) is 14.7. The van der Waals surface area contributed by atoms with Crippen LogP contribution in [0.15, 0.2) is 30.5 Å². The highest BCUT2D eigenvalue weighted by Crippen LogP contribution is 2.25. The molecule has 0 bridgehead atoms. The number of anilines is 2. The zero-order valence-corrected chi connectivity index (χ0v) is 10.5. The molecule has 8 nitrogen and oxygen atoms in total. The van der Waals surface area contributed by atoms with Crippen LogP contribution < -0.4 is 15.8 Å². The molecule has 0 aliphatic rings. The molecule has 4 N–H and O–H groups in total. The van der Waals surface area contributed by atoms with E-state index >= 15 is 0 Å². The molecule has 0 atom stereocenters. The Kier molecular flexibility index (Phi) is 3.56. The van der Waals surface area contributed by atoms with Gasteiger partial charge in [-0.2, -0.15) is 0 Å². The Balaban J connectivity index is 2.20. The van der Waals surface area contributed by atoms with E-state index in [0.29, 0.717) is 17.1 Å². The van der Waals surface area contributed by atoms with Gasteiger partial charge in [0, 0.05) is 12.1 Å². The molecule has 0 unspecified atom stereocenters. The largest absolute Gasteiger partial charge is 0.497 e. The van der Waals surface area contributed by atoms with Crippen LogP contribution in [0, 0.1) is 10.1 Å². The number of ether oxygens (including phenoxy) is 1. The number of nitro groups is 1. The van der Waals surface area contributed by atoms with Crippen LogP contribution in [0.3, 0.4) is 0 Å². The number of carbonyl (C=O) groups excluding carboxylic acids is 1. The number of nitrogens with zero attached hydrogens (tertiary/aromatic N) is 1. The minimum Gasteiger partial charge on any atom is -0.497 e. The lowest BCUT2D eigenvalue weighted by molar-refractivity contribution is -0.384. The number of nitrogen functional groups attached to an aromatic ring is 1. The summed E-state index contributed by atoms with van der Waals surface area (Å²) in [5.41, 5.74) is 6.35. The Morgan fingerprint density at radius 3 is 2.80 bits per heavy atom. The number of aromatic amines is 1. The van der Waals surface area contributed by atoms with Crippen LogP contribution in [0.4, 0.5) is 17.1 Å². The van der Waals surface area contributed by atoms with Crippen LogP contribution in [0.25, 0.3) is 0 Å². The average Bonchev–Trinajstić information content (AvgIpc) is 2.91. The highest BCUT2D eigenvalue weighted by atomic mass is 16.6. The van der Waals surface area contributed by atoms with E-state index in [-0.39, 0.29) is 11.4 Å². The third kappa shape index (κ3) is 2.69. The fraction of sp³-hybridized carbons (Fsp3) is 0.0833. The number of nitrogens with two attached hydrogens (primary N) is 1. The van der Waals surface area contributed by atoms with Gasteiger partial charge >= 0.3 is 0 Å². The number of rotatable bonds is 4. The van der Waals surface area contributed by atoms with E-state index in [4.69, 9.17) is 10.5 Å². The van der Waals surface area contributed by atoms with Gasteiger partial charge in [0.15, 0.2) is 0 Å². The van der Waals surface area contributed by atoms with Crippen molar-refractivity contribution in [3.63, 3.8) is 0 Å². The summed E-state index contributed by atoms with van der Waals surface area (Å²) >= 11 is 0. The number of H-pyrrole nitrogens is 1. The van der Waals surface area contributed by atoms with E-state index in [1.165, 1.54) is 7.11 Å². The first-order valence-electron chi connectivity index (χ1n) is 5.59. The summed E-state index contributed by atoms with van der Waals surface area (Å²) in [6.45, 7) is 0. The second-order valence-corrected chi connectivity index (χ2v) is 3.94. The van der Waals surface area contributed by atoms with Crippen LogP contribution in [-0.2, 0) is 0 Å². The van der Waals surface area contributed by atoms with E-state index in [2.05, 4.69) is 10.3 Å². The highest BCUT2D eigenvalue weighted by Gasteiger charge is 2.15. The molecule has 8 heteroatoms. The fourth-order valence-corrected chi connectivity index (χ4v) is 1.58. The number of aromatic nitrogens is 1. The van der Waals surface area contributed by atoms with Gasteiger partial charge in [-0.25, -0.2) is 0 Å². The summed E-state index contributed by atoms with van der Waals surface area (Å²) in [5.74, 6) is 0.00465. The van der Waals surface area contributed by atoms with Crippen molar-refractivity contribution in [1.29, 1.82) is 0 Å². The molecule has 1 aromatic heterocycles. The third-order valence-corrected chi connectivity index (χ3v) is 2.63. The van der Waals surface area contributed by atoms with Gasteiger partial charge in [0.2, 0.25) is 0 Å². The summed E-state index contributed by atoms with van der Waals surface area (Å²) in [6, 6.07) is 5.95. The standard InChI is InChI=1S/C12H12N4O4/c1-20-8-2-3-9(13)10(5-8)15-12(17)11-4-7(6-14-11)16(18)19/h2-6,14H,13H2,1H3,(H,15,17). The van der Waals surface area contributed by atoms with E-state index in [1.54, 1.807) is 18.2 Å². The first-order chi connectivity index (χ1) is 9.51. The molecule has 0 saturated carbocycles. The number of nitrogens with one attached hydrogen (secondary N) is 2. The van der Waals surface area contributed by atoms with Crippen LogP contribution >= 0.6 is 0 Å². The van der Waals surface area contributed by atoms with Crippen molar-refractivity contribution in [2.24, 2.45) is 0 Å². The molecule has 0 fully saturated rings. The topological polar surface area (TPSA) is 123 Å². The molecule has 0 aliphatic heterocycles. The maximum absolute atomic E-state index is 11.9. The smallest absolute Gasteiger partial charge is 0.287 e. The van der Waals surface area contributed by atoms with Gasteiger partial charge in [0.1, 0.15) is 11.4 Å². The van der Waals surface area contributed by atoms with Gasteiger partial charge in [-0.15, -0.1) is 0 Å². The van der Waals surface area contributed by atoms with Crippen molar-refractivity contribution in [1.82, 2.24) is 4.98 Å². The highest BCUT2D eigenvalue weighted by molar-refractivity contribution is 6.05. The molecule has 2 rings (SSSR count). The summed E-state index contributed by atoms with van der Waals surface area (Å²) in [6.07, 6.45) is 1.14. The second kappa shape index (κ2) is 5.31. The number of methoxy groups -OCH3 is 1. The fourth-order valence-electron chi connectivity index (χ4n) is 1.58. The van der Waals surface area contributed by atoms with Crippen molar-refractivity contribution in [3.8, 4) is 5.75 Å². The number of carbonyl (C=O) groups is 1. The lowest BCUT2D eigenvalue weighted by atomic mass is 10.2. The molecule has 0 radical (unpaired) electrons. The molecule has 1 aromatic carbocycles. The van der Waals surface area contributed by atoms with E-state index in [1.807, 2.05) is 0 Å². The SMILES string of the molecule is COc1ccc(N)c(NC(=O)c2cc([N+](=O)[O-])c[nH]2)c1. The number of benzene rings is 1. The van der Waals surface area contributed by atoms with Crippen LogP contribution in [-0.4, -0.2) is 22.9 Å². The average molecular weight is 276 g/mol. The summed E-state index contributed by atoms with van der Waals surface area (Å²) < 4.78 is 5.03. The van der Waals surface area contributed by atoms with Crippen molar-refractivity contribution < 1.29 is 14.5 Å². The Bertz CT molecular complexity index is 665. The summed E-state index contributed by atoms with van der Waals surface area (Å²) in [4.78, 5) is 24.4. The van der Waals surface area contributed by atoms with E-state index in [9.17, 15) is 14.9 Å². The number of amides is 1. The van der Waals surface area contributed by atoms with Gasteiger partial charge in [-0.1, -0.05) is 0 Å². The predicted molar refractivity (Wildman–Crippen MR) is 72.8 cm³/mol. The predicted octanol–water partition coefficient (Wildman–Crippen LogP) is 1.77. The molecule has 2 aromatic rings. The number of hydrogen-bond donors (Lipinski definition) is 3. The van der Waals surface area contributed by atoms with Crippen LogP contribution in [0.1, 0.15) is 10.5 Å². The molecule has 0 aliphatic carbocycles. The van der Waals surface area contributed by atoms with Gasteiger partial charge in [0.25, 0.3) is 11.6 Å². The second-order valence-electron chi connectivity index (χ2n) is 3.94. The normalized spacial score (nSPS) is 10.1. The van der Waals surface area contributed by atoms with Crippen molar-refractivity contribution in [3.05, 3.63) is 46.3 Å².